The fourth-order valence-electron chi connectivity index (χ4n) is 3.62. The number of ketones is 1. The molecule has 0 atom stereocenters. The lowest BCUT2D eigenvalue weighted by Crippen LogP contribution is -2.25. The Bertz CT molecular complexity index is 1090. The second-order valence-electron chi connectivity index (χ2n) is 7.09. The smallest absolute Gasteiger partial charge is 0.229 e. The Kier molecular flexibility index (Phi) is 5.13. The monoisotopic (exact) mass is 398 g/mol. The van der Waals surface area contributed by atoms with Gasteiger partial charge in [0.15, 0.2) is 11.4 Å². The van der Waals surface area contributed by atoms with Gasteiger partial charge in [-0.2, -0.15) is 0 Å². The summed E-state index contributed by atoms with van der Waals surface area (Å²) >= 11 is 0. The van der Waals surface area contributed by atoms with Crippen LogP contribution in [0.5, 0.6) is 0 Å². The van der Waals surface area contributed by atoms with Gasteiger partial charge in [-0.15, -0.1) is 10.2 Å². The van der Waals surface area contributed by atoms with Crippen molar-refractivity contribution in [3.05, 3.63) is 48.7 Å². The van der Waals surface area contributed by atoms with Crippen molar-refractivity contribution in [3.8, 4) is 0 Å². The number of fused-ring (bicyclic) bond motifs is 1. The molecule has 146 valence electrons. The third-order valence-electron chi connectivity index (χ3n) is 5.22. The number of carbonyl (C=O) groups is 1. The number of Topliss-reactive ketones (excluding diaryl/α,β-unsaturated/α-hetero) is 1. The highest BCUT2D eigenvalue weighted by atomic mass is 32.2. The Morgan fingerprint density at radius 3 is 2.50 bits per heavy atom. The Hall–Kier alpha value is -2.74. The Labute approximate surface area is 163 Å². The molecule has 0 unspecified atom stereocenters. The van der Waals surface area contributed by atoms with Crippen LogP contribution in [0.3, 0.4) is 0 Å². The lowest BCUT2D eigenvalue weighted by atomic mass is 9.86. The number of rotatable bonds is 6. The van der Waals surface area contributed by atoms with E-state index in [-0.39, 0.29) is 28.0 Å². The second kappa shape index (κ2) is 7.71. The van der Waals surface area contributed by atoms with Gasteiger partial charge in [0.2, 0.25) is 15.8 Å². The minimum Gasteiger partial charge on any atom is -0.347 e. The number of hydrogen-bond acceptors (Lipinski definition) is 6. The number of anilines is 1. The Morgan fingerprint density at radius 2 is 1.75 bits per heavy atom. The third kappa shape index (κ3) is 3.64. The first-order valence-corrected chi connectivity index (χ1v) is 11.0. The van der Waals surface area contributed by atoms with E-state index in [1.165, 1.54) is 18.7 Å². The van der Waals surface area contributed by atoms with Crippen LogP contribution < -0.4 is 5.32 Å². The zero-order chi connectivity index (χ0) is 19.6. The fraction of sp³-hybridized carbons (Fsp3) is 0.350. The summed E-state index contributed by atoms with van der Waals surface area (Å²) in [5.74, 6) is 0.642. The van der Waals surface area contributed by atoms with Gasteiger partial charge < -0.3 is 5.32 Å². The molecule has 1 aromatic carbocycles. The summed E-state index contributed by atoms with van der Waals surface area (Å²) in [6.07, 6.45) is 6.78. The Balaban J connectivity index is 1.57. The van der Waals surface area contributed by atoms with Crippen LogP contribution in [0.25, 0.3) is 5.65 Å². The van der Waals surface area contributed by atoms with Crippen LogP contribution in [0.15, 0.2) is 58.5 Å². The van der Waals surface area contributed by atoms with E-state index in [9.17, 15) is 13.2 Å². The molecule has 1 aliphatic rings. The van der Waals surface area contributed by atoms with E-state index < -0.39 is 9.84 Å². The van der Waals surface area contributed by atoms with Crippen LogP contribution in [0.2, 0.25) is 0 Å². The molecule has 0 amide bonds. The van der Waals surface area contributed by atoms with Crippen LogP contribution >= 0.6 is 0 Å². The van der Waals surface area contributed by atoms with Crippen LogP contribution in [-0.4, -0.2) is 35.3 Å². The average molecular weight is 398 g/mol. The number of sulfone groups is 1. The summed E-state index contributed by atoms with van der Waals surface area (Å²) < 4.78 is 27.3. The molecule has 0 bridgehead atoms. The summed E-state index contributed by atoms with van der Waals surface area (Å²) in [7, 11) is -3.64. The molecular formula is C20H22N4O3S. The van der Waals surface area contributed by atoms with Crippen molar-refractivity contribution in [2.75, 3.05) is 11.9 Å². The molecule has 0 saturated heterocycles. The van der Waals surface area contributed by atoms with Gasteiger partial charge in [-0.05, 0) is 37.1 Å². The number of hydrogen-bond donors (Lipinski definition) is 1. The lowest BCUT2D eigenvalue weighted by molar-refractivity contribution is -0.122. The molecule has 4 rings (SSSR count). The minimum atomic E-state index is -3.64. The zero-order valence-corrected chi connectivity index (χ0v) is 16.2. The summed E-state index contributed by atoms with van der Waals surface area (Å²) in [6.45, 7) is 0.168. The van der Waals surface area contributed by atoms with E-state index in [2.05, 4.69) is 15.5 Å². The first kappa shape index (κ1) is 18.6. The number of nitrogens with one attached hydrogen (secondary N) is 1. The summed E-state index contributed by atoms with van der Waals surface area (Å²) in [6, 6.07) is 11.4. The standard InChI is InChI=1S/C20H22N4O3S/c25-18(15-7-3-1-4-8-15)13-21-20-23-22-19-12-11-17(14-24(19)20)28(26,27)16-9-5-2-6-10-16/h2,5-6,9-12,14-15H,1,3-4,7-8,13H2,(H,21,23). The van der Waals surface area contributed by atoms with E-state index in [0.717, 1.165) is 25.7 Å². The maximum absolute atomic E-state index is 12.9. The molecule has 0 aliphatic heterocycles. The molecule has 7 nitrogen and oxygen atoms in total. The molecule has 2 heterocycles. The largest absolute Gasteiger partial charge is 0.347 e. The average Bonchev–Trinajstić information content (AvgIpc) is 3.15. The zero-order valence-electron chi connectivity index (χ0n) is 15.4. The van der Waals surface area contributed by atoms with Crippen molar-refractivity contribution in [3.63, 3.8) is 0 Å². The highest BCUT2D eigenvalue weighted by Gasteiger charge is 2.22. The number of benzene rings is 1. The van der Waals surface area contributed by atoms with Crippen LogP contribution in [-0.2, 0) is 14.6 Å². The molecule has 1 aliphatic carbocycles. The van der Waals surface area contributed by atoms with Gasteiger partial charge in [0, 0.05) is 12.1 Å². The first-order valence-electron chi connectivity index (χ1n) is 9.47. The van der Waals surface area contributed by atoms with Crippen LogP contribution in [0, 0.1) is 5.92 Å². The predicted octanol–water partition coefficient (Wildman–Crippen LogP) is 3.12. The van der Waals surface area contributed by atoms with Gasteiger partial charge >= 0.3 is 0 Å². The highest BCUT2D eigenvalue weighted by Crippen LogP contribution is 2.25. The summed E-state index contributed by atoms with van der Waals surface area (Å²) in [4.78, 5) is 12.8. The van der Waals surface area contributed by atoms with Crippen LogP contribution in [0.1, 0.15) is 32.1 Å². The highest BCUT2D eigenvalue weighted by molar-refractivity contribution is 7.91. The summed E-state index contributed by atoms with van der Waals surface area (Å²) in [5, 5.41) is 11.1. The van der Waals surface area contributed by atoms with E-state index in [4.69, 9.17) is 0 Å². The van der Waals surface area contributed by atoms with Gasteiger partial charge in [0.05, 0.1) is 16.3 Å². The van der Waals surface area contributed by atoms with Gasteiger partial charge in [0.1, 0.15) is 0 Å². The van der Waals surface area contributed by atoms with Crippen molar-refractivity contribution in [1.29, 1.82) is 0 Å². The molecule has 28 heavy (non-hydrogen) atoms. The molecule has 3 aromatic rings. The molecule has 8 heteroatoms. The van der Waals surface area contributed by atoms with Crippen molar-refractivity contribution < 1.29 is 13.2 Å². The molecule has 1 saturated carbocycles. The number of aromatic nitrogens is 3. The normalized spacial score (nSPS) is 15.6. The first-order chi connectivity index (χ1) is 13.6. The van der Waals surface area contributed by atoms with Crippen molar-refractivity contribution >= 4 is 27.2 Å². The third-order valence-corrected chi connectivity index (χ3v) is 6.98. The van der Waals surface area contributed by atoms with E-state index in [1.807, 2.05) is 0 Å². The molecule has 1 fully saturated rings. The molecule has 2 aromatic heterocycles. The second-order valence-corrected chi connectivity index (χ2v) is 9.04. The number of carbonyl (C=O) groups excluding carboxylic acids is 1. The van der Waals surface area contributed by atoms with Crippen LogP contribution in [0.4, 0.5) is 5.95 Å². The van der Waals surface area contributed by atoms with Gasteiger partial charge in [0.25, 0.3) is 0 Å². The number of pyridine rings is 1. The molecule has 0 radical (unpaired) electrons. The quantitative estimate of drug-likeness (QED) is 0.686. The van der Waals surface area contributed by atoms with Crippen molar-refractivity contribution in [1.82, 2.24) is 14.6 Å². The lowest BCUT2D eigenvalue weighted by Gasteiger charge is -2.20. The fourth-order valence-corrected chi connectivity index (χ4v) is 4.90. The summed E-state index contributed by atoms with van der Waals surface area (Å²) in [5.41, 5.74) is 0.514. The van der Waals surface area contributed by atoms with Crippen molar-refractivity contribution in [2.45, 2.75) is 41.9 Å². The maximum atomic E-state index is 12.9. The minimum absolute atomic E-state index is 0.106. The van der Waals surface area contributed by atoms with Gasteiger partial charge in [-0.25, -0.2) is 8.42 Å². The predicted molar refractivity (Wildman–Crippen MR) is 105 cm³/mol. The van der Waals surface area contributed by atoms with E-state index in [0.29, 0.717) is 11.6 Å². The number of nitrogens with zero attached hydrogens (tertiary/aromatic N) is 3. The molecule has 1 N–H and O–H groups in total. The SMILES string of the molecule is O=C(CNc1nnc2ccc(S(=O)(=O)c3ccccc3)cn12)C1CCCCC1. The Morgan fingerprint density at radius 1 is 1.00 bits per heavy atom. The van der Waals surface area contributed by atoms with E-state index >= 15 is 0 Å². The van der Waals surface area contributed by atoms with Gasteiger partial charge in [-0.1, -0.05) is 37.5 Å². The van der Waals surface area contributed by atoms with E-state index in [1.54, 1.807) is 40.8 Å². The molecule has 0 spiro atoms. The van der Waals surface area contributed by atoms with Gasteiger partial charge in [-0.3, -0.25) is 9.20 Å². The van der Waals surface area contributed by atoms with Crippen molar-refractivity contribution in [2.24, 2.45) is 5.92 Å². The maximum Gasteiger partial charge on any atom is 0.229 e. The topological polar surface area (TPSA) is 93.4 Å². The molecular weight excluding hydrogens is 376 g/mol.